The van der Waals surface area contributed by atoms with Crippen LogP contribution in [0.3, 0.4) is 0 Å². The minimum Gasteiger partial charge on any atom is -0.323 e. The summed E-state index contributed by atoms with van der Waals surface area (Å²) in [4.78, 5) is 25.1. The van der Waals surface area contributed by atoms with Gasteiger partial charge in [-0.25, -0.2) is 0 Å². The number of carbonyl (C=O) groups is 2. The molecule has 0 aliphatic carbocycles. The number of nitrogens with one attached hydrogen (secondary N) is 1. The lowest BCUT2D eigenvalue weighted by Crippen LogP contribution is -2.45. The molecule has 0 fully saturated rings. The second-order valence-corrected chi connectivity index (χ2v) is 5.76. The largest absolute Gasteiger partial charge is 0.416 e. The molecule has 2 amide bonds. The first-order valence-corrected chi connectivity index (χ1v) is 7.38. The first kappa shape index (κ1) is 15.7. The summed E-state index contributed by atoms with van der Waals surface area (Å²) in [5.74, 6) is -0.818. The minimum absolute atomic E-state index is 0.00253. The van der Waals surface area contributed by atoms with Gasteiger partial charge in [0, 0.05) is 0 Å². The lowest BCUT2D eigenvalue weighted by atomic mass is 10.1. The van der Waals surface area contributed by atoms with Crippen molar-refractivity contribution in [3.63, 3.8) is 0 Å². The van der Waals surface area contributed by atoms with Crippen LogP contribution in [-0.4, -0.2) is 29.9 Å². The fraction of sp³-hybridized carbons (Fsp3) is 0.385. The van der Waals surface area contributed by atoms with E-state index in [4.69, 9.17) is 0 Å². The highest BCUT2D eigenvalue weighted by Gasteiger charge is 2.34. The molecule has 1 heterocycles. The number of halogens is 3. The first-order chi connectivity index (χ1) is 9.74. The van der Waals surface area contributed by atoms with Crippen LogP contribution in [0.25, 0.3) is 0 Å². The molecule has 0 bridgehead atoms. The highest BCUT2D eigenvalue weighted by molar-refractivity contribution is 7.99. The molecule has 1 aliphatic rings. The Morgan fingerprint density at radius 1 is 1.43 bits per heavy atom. The van der Waals surface area contributed by atoms with Crippen molar-refractivity contribution in [2.75, 3.05) is 23.0 Å². The number of anilines is 2. The van der Waals surface area contributed by atoms with E-state index in [2.05, 4.69) is 5.32 Å². The van der Waals surface area contributed by atoms with E-state index in [0.717, 1.165) is 12.1 Å². The smallest absolute Gasteiger partial charge is 0.323 e. The molecule has 8 heteroatoms. The van der Waals surface area contributed by atoms with Crippen molar-refractivity contribution in [1.82, 2.24) is 0 Å². The SMILES string of the molecule is CS[C@@H](C)C(=O)N1CC(=O)Nc2cc(C(F)(F)F)ccc21. The zero-order chi connectivity index (χ0) is 15.8. The molecule has 4 nitrogen and oxygen atoms in total. The van der Waals surface area contributed by atoms with E-state index in [9.17, 15) is 22.8 Å². The number of benzene rings is 1. The molecule has 0 unspecified atom stereocenters. The number of nitrogens with zero attached hydrogens (tertiary/aromatic N) is 1. The summed E-state index contributed by atoms with van der Waals surface area (Å²) >= 11 is 1.31. The number of alkyl halides is 3. The topological polar surface area (TPSA) is 49.4 Å². The molecule has 2 rings (SSSR count). The van der Waals surface area contributed by atoms with Gasteiger partial charge in [0.25, 0.3) is 0 Å². The molecule has 0 spiro atoms. The number of thioether (sulfide) groups is 1. The van der Waals surface area contributed by atoms with Gasteiger partial charge in [-0.1, -0.05) is 0 Å². The van der Waals surface area contributed by atoms with Crippen LogP contribution < -0.4 is 10.2 Å². The Balaban J connectivity index is 2.43. The monoisotopic (exact) mass is 318 g/mol. The van der Waals surface area contributed by atoms with Gasteiger partial charge in [0.2, 0.25) is 11.8 Å². The average Bonchev–Trinajstić information content (AvgIpc) is 2.43. The highest BCUT2D eigenvalue weighted by atomic mass is 32.2. The predicted molar refractivity (Wildman–Crippen MR) is 75.4 cm³/mol. The van der Waals surface area contributed by atoms with Gasteiger partial charge in [0.15, 0.2) is 0 Å². The van der Waals surface area contributed by atoms with Crippen molar-refractivity contribution in [2.24, 2.45) is 0 Å². The predicted octanol–water partition coefficient (Wildman–Crippen LogP) is 2.74. The van der Waals surface area contributed by atoms with E-state index in [1.807, 2.05) is 0 Å². The maximum absolute atomic E-state index is 12.7. The van der Waals surface area contributed by atoms with E-state index in [1.165, 1.54) is 22.7 Å². The van der Waals surface area contributed by atoms with Crippen LogP contribution in [-0.2, 0) is 15.8 Å². The maximum atomic E-state index is 12.7. The molecule has 1 atom stereocenters. The molecular formula is C13H13F3N2O2S. The van der Waals surface area contributed by atoms with Crippen LogP contribution in [0.15, 0.2) is 18.2 Å². The van der Waals surface area contributed by atoms with Crippen LogP contribution >= 0.6 is 11.8 Å². The molecular weight excluding hydrogens is 305 g/mol. The first-order valence-electron chi connectivity index (χ1n) is 6.09. The van der Waals surface area contributed by atoms with Gasteiger partial charge in [0.05, 0.1) is 22.2 Å². The Kier molecular flexibility index (Phi) is 4.18. The second-order valence-electron chi connectivity index (χ2n) is 4.58. The number of amides is 2. The Bertz CT molecular complexity index is 589. The molecule has 1 aliphatic heterocycles. The van der Waals surface area contributed by atoms with Gasteiger partial charge in [0.1, 0.15) is 6.54 Å². The van der Waals surface area contributed by atoms with E-state index < -0.39 is 17.6 Å². The van der Waals surface area contributed by atoms with Crippen LogP contribution in [0.4, 0.5) is 24.5 Å². The maximum Gasteiger partial charge on any atom is 0.416 e. The van der Waals surface area contributed by atoms with Gasteiger partial charge in [-0.05, 0) is 31.4 Å². The molecule has 0 aromatic heterocycles. The highest BCUT2D eigenvalue weighted by Crippen LogP contribution is 2.37. The molecule has 1 N–H and O–H groups in total. The summed E-state index contributed by atoms with van der Waals surface area (Å²) in [7, 11) is 0. The molecule has 1 aromatic rings. The van der Waals surface area contributed by atoms with Gasteiger partial charge in [-0.2, -0.15) is 24.9 Å². The third-order valence-corrected chi connectivity index (χ3v) is 4.07. The molecule has 1 aromatic carbocycles. The normalized spacial score (nSPS) is 16.2. The molecule has 0 saturated carbocycles. The fourth-order valence-electron chi connectivity index (χ4n) is 1.98. The Morgan fingerprint density at radius 3 is 2.67 bits per heavy atom. The van der Waals surface area contributed by atoms with E-state index in [-0.39, 0.29) is 29.1 Å². The van der Waals surface area contributed by atoms with E-state index in [1.54, 1.807) is 13.2 Å². The summed E-state index contributed by atoms with van der Waals surface area (Å²) in [6.07, 6.45) is -2.75. The van der Waals surface area contributed by atoms with Crippen LogP contribution in [0.1, 0.15) is 12.5 Å². The van der Waals surface area contributed by atoms with Gasteiger partial charge < -0.3 is 5.32 Å². The molecule has 21 heavy (non-hydrogen) atoms. The lowest BCUT2D eigenvalue weighted by molar-refractivity contribution is -0.137. The number of carbonyl (C=O) groups excluding carboxylic acids is 2. The molecule has 114 valence electrons. The van der Waals surface area contributed by atoms with E-state index >= 15 is 0 Å². The van der Waals surface area contributed by atoms with Gasteiger partial charge in [-0.15, -0.1) is 0 Å². The van der Waals surface area contributed by atoms with Crippen molar-refractivity contribution in [3.8, 4) is 0 Å². The zero-order valence-corrected chi connectivity index (χ0v) is 12.1. The number of hydrogen-bond donors (Lipinski definition) is 1. The van der Waals surface area contributed by atoms with Crippen LogP contribution in [0, 0.1) is 0 Å². The third-order valence-electron chi connectivity index (χ3n) is 3.16. The summed E-state index contributed by atoms with van der Waals surface area (Å²) in [6.45, 7) is 1.49. The van der Waals surface area contributed by atoms with Crippen molar-refractivity contribution >= 4 is 35.0 Å². The molecule has 0 saturated heterocycles. The van der Waals surface area contributed by atoms with Crippen molar-refractivity contribution < 1.29 is 22.8 Å². The number of fused-ring (bicyclic) bond motifs is 1. The quantitative estimate of drug-likeness (QED) is 0.912. The average molecular weight is 318 g/mol. The summed E-state index contributed by atoms with van der Waals surface area (Å²) in [5.41, 5.74) is -0.579. The van der Waals surface area contributed by atoms with Crippen molar-refractivity contribution in [2.45, 2.75) is 18.3 Å². The van der Waals surface area contributed by atoms with Crippen molar-refractivity contribution in [3.05, 3.63) is 23.8 Å². The number of rotatable bonds is 2. The summed E-state index contributed by atoms with van der Waals surface area (Å²) < 4.78 is 38.1. The Labute approximate surface area is 123 Å². The standard InChI is InChI=1S/C13H13F3N2O2S/c1-7(21-2)12(20)18-6-11(19)17-9-5-8(13(14,15)16)3-4-10(9)18/h3-5,7H,6H2,1-2H3,(H,17,19)/t7-/m0/s1. The summed E-state index contributed by atoms with van der Waals surface area (Å²) in [6, 6.07) is 2.96. The van der Waals surface area contributed by atoms with E-state index in [0.29, 0.717) is 0 Å². The van der Waals surface area contributed by atoms with Gasteiger partial charge in [-0.3, -0.25) is 14.5 Å². The fourth-order valence-corrected chi connectivity index (χ4v) is 2.31. The van der Waals surface area contributed by atoms with Crippen LogP contribution in [0.5, 0.6) is 0 Å². The number of hydrogen-bond acceptors (Lipinski definition) is 3. The zero-order valence-electron chi connectivity index (χ0n) is 11.3. The Morgan fingerprint density at radius 2 is 2.10 bits per heavy atom. The third kappa shape index (κ3) is 3.15. The summed E-state index contributed by atoms with van der Waals surface area (Å²) in [5, 5.41) is 1.99. The van der Waals surface area contributed by atoms with Crippen molar-refractivity contribution in [1.29, 1.82) is 0 Å². The minimum atomic E-state index is -4.50. The Hall–Kier alpha value is -1.70. The molecule has 0 radical (unpaired) electrons. The second kappa shape index (κ2) is 5.59. The van der Waals surface area contributed by atoms with Crippen LogP contribution in [0.2, 0.25) is 0 Å². The van der Waals surface area contributed by atoms with Gasteiger partial charge >= 0.3 is 6.18 Å². The lowest BCUT2D eigenvalue weighted by Gasteiger charge is -2.31.